The van der Waals surface area contributed by atoms with Crippen LogP contribution in [0.3, 0.4) is 0 Å². The highest BCUT2D eigenvalue weighted by Gasteiger charge is 2.35. The first-order valence-corrected chi connectivity index (χ1v) is 7.84. The molecule has 2 fully saturated rings. The van der Waals surface area contributed by atoms with Gasteiger partial charge in [-0.25, -0.2) is 0 Å². The second kappa shape index (κ2) is 6.02. The molecule has 0 saturated carbocycles. The number of nitrogens with zero attached hydrogens (tertiary/aromatic N) is 5. The molecule has 0 amide bonds. The first kappa shape index (κ1) is 13.7. The molecule has 1 aromatic carbocycles. The topological polar surface area (TPSA) is 68.1 Å². The lowest BCUT2D eigenvalue weighted by Crippen LogP contribution is -2.45. The van der Waals surface area contributed by atoms with Crippen LogP contribution in [0.25, 0.3) is 5.69 Å². The molecule has 0 bridgehead atoms. The standard InChI is InChI=1S/C15H20N6O/c1-2-6-12(7-3-1)21-15(17-18-19-21)16-13-10-22-11-14(13)20-8-4-5-9-20/h1-3,6-7,13-14H,4-5,8-11H2,(H,16,17,19)/t13-,14-/m0/s1. The van der Waals surface area contributed by atoms with Crippen molar-refractivity contribution in [1.29, 1.82) is 0 Å². The van der Waals surface area contributed by atoms with Crippen LogP contribution in [0.1, 0.15) is 12.8 Å². The predicted molar refractivity (Wildman–Crippen MR) is 82.0 cm³/mol. The molecule has 2 aliphatic heterocycles. The van der Waals surface area contributed by atoms with Crippen molar-refractivity contribution in [3.8, 4) is 5.69 Å². The van der Waals surface area contributed by atoms with Gasteiger partial charge in [-0.05, 0) is 48.5 Å². The summed E-state index contributed by atoms with van der Waals surface area (Å²) in [6, 6.07) is 10.6. The number of tetrazole rings is 1. The monoisotopic (exact) mass is 300 g/mol. The van der Waals surface area contributed by atoms with E-state index in [2.05, 4.69) is 25.7 Å². The van der Waals surface area contributed by atoms with Crippen molar-refractivity contribution < 1.29 is 4.74 Å². The second-order valence-corrected chi connectivity index (χ2v) is 5.85. The number of para-hydroxylation sites is 1. The van der Waals surface area contributed by atoms with Gasteiger partial charge in [0.25, 0.3) is 0 Å². The fourth-order valence-electron chi connectivity index (χ4n) is 3.30. The summed E-state index contributed by atoms with van der Waals surface area (Å²) in [5.74, 6) is 0.672. The Balaban J connectivity index is 1.53. The highest BCUT2D eigenvalue weighted by Crippen LogP contribution is 2.22. The first-order chi connectivity index (χ1) is 10.9. The van der Waals surface area contributed by atoms with Crippen LogP contribution in [-0.4, -0.2) is 63.5 Å². The summed E-state index contributed by atoms with van der Waals surface area (Å²) in [6.45, 7) is 3.80. The van der Waals surface area contributed by atoms with Crippen molar-refractivity contribution in [1.82, 2.24) is 25.1 Å². The van der Waals surface area contributed by atoms with Crippen molar-refractivity contribution in [2.75, 3.05) is 31.6 Å². The number of benzene rings is 1. The summed E-state index contributed by atoms with van der Waals surface area (Å²) in [7, 11) is 0. The molecule has 7 nitrogen and oxygen atoms in total. The Morgan fingerprint density at radius 2 is 1.91 bits per heavy atom. The minimum absolute atomic E-state index is 0.228. The molecule has 0 unspecified atom stereocenters. The molecule has 2 atom stereocenters. The van der Waals surface area contributed by atoms with E-state index in [1.807, 2.05) is 30.3 Å². The third-order valence-electron chi connectivity index (χ3n) is 4.44. The van der Waals surface area contributed by atoms with Gasteiger partial charge in [-0.15, -0.1) is 0 Å². The lowest BCUT2D eigenvalue weighted by Gasteiger charge is -2.27. The van der Waals surface area contributed by atoms with E-state index in [0.29, 0.717) is 18.6 Å². The fraction of sp³-hybridized carbons (Fsp3) is 0.533. The smallest absolute Gasteiger partial charge is 0.248 e. The summed E-state index contributed by atoms with van der Waals surface area (Å²) >= 11 is 0. The molecule has 2 aliphatic rings. The predicted octanol–water partition coefficient (Wildman–Crippen LogP) is 0.937. The van der Waals surface area contributed by atoms with Gasteiger partial charge in [0.05, 0.1) is 31.0 Å². The van der Waals surface area contributed by atoms with Gasteiger partial charge in [-0.3, -0.25) is 4.90 Å². The lowest BCUT2D eigenvalue weighted by atomic mass is 10.1. The second-order valence-electron chi connectivity index (χ2n) is 5.85. The maximum absolute atomic E-state index is 5.69. The number of aromatic nitrogens is 4. The van der Waals surface area contributed by atoms with Crippen LogP contribution in [0.2, 0.25) is 0 Å². The minimum Gasteiger partial charge on any atom is -0.378 e. The molecule has 0 aliphatic carbocycles. The van der Waals surface area contributed by atoms with Crippen LogP contribution in [0.4, 0.5) is 5.95 Å². The number of likely N-dealkylation sites (tertiary alicyclic amines) is 1. The van der Waals surface area contributed by atoms with E-state index in [0.717, 1.165) is 25.4 Å². The van der Waals surface area contributed by atoms with E-state index < -0.39 is 0 Å². The average Bonchev–Trinajstić information content (AvgIpc) is 3.30. The van der Waals surface area contributed by atoms with Gasteiger partial charge in [-0.1, -0.05) is 23.3 Å². The fourth-order valence-corrected chi connectivity index (χ4v) is 3.30. The molecule has 2 aromatic rings. The molecule has 3 heterocycles. The van der Waals surface area contributed by atoms with Crippen LogP contribution < -0.4 is 5.32 Å². The average molecular weight is 300 g/mol. The summed E-state index contributed by atoms with van der Waals surface area (Å²) in [5, 5.41) is 15.5. The Labute approximate surface area is 129 Å². The van der Waals surface area contributed by atoms with Gasteiger partial charge in [0, 0.05) is 0 Å². The number of hydrogen-bond donors (Lipinski definition) is 1. The van der Waals surface area contributed by atoms with Gasteiger partial charge < -0.3 is 10.1 Å². The van der Waals surface area contributed by atoms with Crippen molar-refractivity contribution in [3.63, 3.8) is 0 Å². The van der Waals surface area contributed by atoms with Gasteiger partial charge in [0.2, 0.25) is 5.95 Å². The molecular formula is C15H20N6O. The van der Waals surface area contributed by atoms with Crippen molar-refractivity contribution in [3.05, 3.63) is 30.3 Å². The Hall–Kier alpha value is -1.99. The number of ether oxygens (including phenoxy) is 1. The number of rotatable bonds is 4. The van der Waals surface area contributed by atoms with Crippen LogP contribution in [0, 0.1) is 0 Å². The molecule has 2 saturated heterocycles. The Kier molecular flexibility index (Phi) is 3.74. The number of nitrogens with one attached hydrogen (secondary N) is 1. The molecule has 0 spiro atoms. The maximum atomic E-state index is 5.69. The lowest BCUT2D eigenvalue weighted by molar-refractivity contribution is 0.159. The molecule has 0 radical (unpaired) electrons. The molecule has 22 heavy (non-hydrogen) atoms. The summed E-state index contributed by atoms with van der Waals surface area (Å²) in [6.07, 6.45) is 2.57. The maximum Gasteiger partial charge on any atom is 0.248 e. The zero-order valence-corrected chi connectivity index (χ0v) is 12.4. The van der Waals surface area contributed by atoms with Gasteiger partial charge in [0.15, 0.2) is 0 Å². The number of anilines is 1. The summed E-state index contributed by atoms with van der Waals surface area (Å²) in [5.41, 5.74) is 0.951. The van der Waals surface area contributed by atoms with E-state index in [1.165, 1.54) is 12.8 Å². The zero-order chi connectivity index (χ0) is 14.8. The number of hydrogen-bond acceptors (Lipinski definition) is 6. The Morgan fingerprint density at radius 1 is 1.09 bits per heavy atom. The molecule has 7 heteroatoms. The summed E-state index contributed by atoms with van der Waals surface area (Å²) < 4.78 is 7.43. The molecule has 1 N–H and O–H groups in total. The highest BCUT2D eigenvalue weighted by atomic mass is 16.5. The quantitative estimate of drug-likeness (QED) is 0.906. The molecular weight excluding hydrogens is 280 g/mol. The van der Waals surface area contributed by atoms with Crippen molar-refractivity contribution in [2.24, 2.45) is 0 Å². The SMILES string of the molecule is c1ccc(-n2nnnc2N[C@H]2COC[C@@H]2N2CCCC2)cc1. The Morgan fingerprint density at radius 3 is 2.73 bits per heavy atom. The van der Waals surface area contributed by atoms with E-state index in [9.17, 15) is 0 Å². The van der Waals surface area contributed by atoms with Crippen LogP contribution >= 0.6 is 0 Å². The van der Waals surface area contributed by atoms with Crippen molar-refractivity contribution >= 4 is 5.95 Å². The third kappa shape index (κ3) is 2.57. The van der Waals surface area contributed by atoms with Crippen molar-refractivity contribution in [2.45, 2.75) is 24.9 Å². The highest BCUT2D eigenvalue weighted by molar-refractivity contribution is 5.39. The summed E-state index contributed by atoms with van der Waals surface area (Å²) in [4.78, 5) is 2.52. The van der Waals surface area contributed by atoms with Crippen LogP contribution in [0.15, 0.2) is 30.3 Å². The molecule has 4 rings (SSSR count). The van der Waals surface area contributed by atoms with Gasteiger partial charge in [-0.2, -0.15) is 4.68 Å². The van der Waals surface area contributed by atoms with E-state index in [4.69, 9.17) is 4.74 Å². The zero-order valence-electron chi connectivity index (χ0n) is 12.4. The first-order valence-electron chi connectivity index (χ1n) is 7.84. The largest absolute Gasteiger partial charge is 0.378 e. The molecule has 116 valence electrons. The van der Waals surface area contributed by atoms with Gasteiger partial charge >= 0.3 is 0 Å². The van der Waals surface area contributed by atoms with E-state index in [1.54, 1.807) is 4.68 Å². The van der Waals surface area contributed by atoms with Crippen LogP contribution in [-0.2, 0) is 4.74 Å². The van der Waals surface area contributed by atoms with Crippen LogP contribution in [0.5, 0.6) is 0 Å². The molecule has 1 aromatic heterocycles. The third-order valence-corrected chi connectivity index (χ3v) is 4.44. The normalized spacial score (nSPS) is 25.6. The van der Waals surface area contributed by atoms with E-state index in [-0.39, 0.29) is 6.04 Å². The minimum atomic E-state index is 0.228. The van der Waals surface area contributed by atoms with E-state index >= 15 is 0 Å². The van der Waals surface area contributed by atoms with Gasteiger partial charge in [0.1, 0.15) is 0 Å². The Bertz CT molecular complexity index is 610.